The van der Waals surface area contributed by atoms with E-state index >= 15 is 0 Å². The Balaban J connectivity index is 0.00000289. The van der Waals surface area contributed by atoms with E-state index in [1.165, 1.54) is 0 Å². The van der Waals surface area contributed by atoms with Gasteiger partial charge in [0.25, 0.3) is 0 Å². The SMILES string of the molecule is CCN(CC)CCOC(=O)c1cccc(N)c1.Cl. The number of esters is 1. The molecular formula is C13H21ClN2O2. The Kier molecular flexibility index (Phi) is 8.16. The Hall–Kier alpha value is -1.26. The van der Waals surface area contributed by atoms with Crippen molar-refractivity contribution in [2.24, 2.45) is 0 Å². The minimum atomic E-state index is -0.315. The fraction of sp³-hybridized carbons (Fsp3) is 0.462. The second-order valence-electron chi connectivity index (χ2n) is 3.79. The number of ether oxygens (including phenoxy) is 1. The van der Waals surface area contributed by atoms with Gasteiger partial charge in [-0.25, -0.2) is 4.79 Å². The molecule has 18 heavy (non-hydrogen) atoms. The summed E-state index contributed by atoms with van der Waals surface area (Å²) in [7, 11) is 0. The second-order valence-corrected chi connectivity index (χ2v) is 3.79. The summed E-state index contributed by atoms with van der Waals surface area (Å²) >= 11 is 0. The molecule has 0 aliphatic rings. The van der Waals surface area contributed by atoms with Crippen molar-refractivity contribution >= 4 is 24.1 Å². The molecule has 1 aromatic carbocycles. The van der Waals surface area contributed by atoms with E-state index in [9.17, 15) is 4.79 Å². The van der Waals surface area contributed by atoms with Crippen molar-refractivity contribution in [2.45, 2.75) is 13.8 Å². The van der Waals surface area contributed by atoms with Crippen molar-refractivity contribution in [2.75, 3.05) is 32.0 Å². The average molecular weight is 273 g/mol. The number of rotatable bonds is 6. The van der Waals surface area contributed by atoms with Gasteiger partial charge in [-0.15, -0.1) is 12.4 Å². The van der Waals surface area contributed by atoms with E-state index in [4.69, 9.17) is 10.5 Å². The molecule has 0 unspecified atom stereocenters. The van der Waals surface area contributed by atoms with Gasteiger partial charge in [0.2, 0.25) is 0 Å². The summed E-state index contributed by atoms with van der Waals surface area (Å²) in [5.41, 5.74) is 6.68. The van der Waals surface area contributed by atoms with Crippen LogP contribution in [0, 0.1) is 0 Å². The van der Waals surface area contributed by atoms with Gasteiger partial charge >= 0.3 is 5.97 Å². The van der Waals surface area contributed by atoms with E-state index in [1.807, 2.05) is 0 Å². The summed E-state index contributed by atoms with van der Waals surface area (Å²) in [6, 6.07) is 6.82. The van der Waals surface area contributed by atoms with Crippen molar-refractivity contribution in [1.82, 2.24) is 4.90 Å². The molecule has 0 aliphatic heterocycles. The molecule has 0 heterocycles. The normalized spacial score (nSPS) is 9.94. The van der Waals surface area contributed by atoms with Crippen LogP contribution in [0.4, 0.5) is 5.69 Å². The standard InChI is InChI=1S/C13H20N2O2.ClH/c1-3-15(4-2)8-9-17-13(16)11-6-5-7-12(14)10-11;/h5-7,10H,3-4,8-9,14H2,1-2H3;1H. The van der Waals surface area contributed by atoms with Gasteiger partial charge in [0.1, 0.15) is 6.61 Å². The lowest BCUT2D eigenvalue weighted by Gasteiger charge is -2.17. The lowest BCUT2D eigenvalue weighted by atomic mass is 10.2. The van der Waals surface area contributed by atoms with E-state index in [-0.39, 0.29) is 18.4 Å². The third-order valence-corrected chi connectivity index (χ3v) is 2.66. The quantitative estimate of drug-likeness (QED) is 0.637. The number of anilines is 1. The van der Waals surface area contributed by atoms with Crippen LogP contribution in [-0.2, 0) is 4.74 Å². The predicted octanol–water partition coefficient (Wildman–Crippen LogP) is 2.19. The zero-order chi connectivity index (χ0) is 12.7. The van der Waals surface area contributed by atoms with Gasteiger partial charge in [-0.2, -0.15) is 0 Å². The molecule has 0 spiro atoms. The Labute approximate surface area is 115 Å². The highest BCUT2D eigenvalue weighted by Crippen LogP contribution is 2.07. The van der Waals surface area contributed by atoms with Crippen molar-refractivity contribution in [1.29, 1.82) is 0 Å². The number of carbonyl (C=O) groups excluding carboxylic acids is 1. The van der Waals surface area contributed by atoms with Crippen LogP contribution < -0.4 is 5.73 Å². The summed E-state index contributed by atoms with van der Waals surface area (Å²) in [5, 5.41) is 0. The second kappa shape index (κ2) is 8.78. The summed E-state index contributed by atoms with van der Waals surface area (Å²) in [6.45, 7) is 7.28. The first-order chi connectivity index (χ1) is 8.17. The molecule has 2 N–H and O–H groups in total. The van der Waals surface area contributed by atoms with Gasteiger partial charge in [-0.05, 0) is 31.3 Å². The molecule has 1 aromatic rings. The first-order valence-corrected chi connectivity index (χ1v) is 5.92. The zero-order valence-electron chi connectivity index (χ0n) is 10.9. The number of halogens is 1. The smallest absolute Gasteiger partial charge is 0.338 e. The maximum absolute atomic E-state index is 11.7. The topological polar surface area (TPSA) is 55.6 Å². The van der Waals surface area contributed by atoms with Gasteiger partial charge in [0.15, 0.2) is 0 Å². The van der Waals surface area contributed by atoms with Crippen molar-refractivity contribution in [3.63, 3.8) is 0 Å². The van der Waals surface area contributed by atoms with E-state index in [0.717, 1.165) is 19.6 Å². The molecule has 0 radical (unpaired) electrons. The molecule has 0 atom stereocenters. The summed E-state index contributed by atoms with van der Waals surface area (Å²) < 4.78 is 5.18. The third kappa shape index (κ3) is 5.38. The fourth-order valence-corrected chi connectivity index (χ4v) is 1.56. The summed E-state index contributed by atoms with van der Waals surface area (Å²) in [6.07, 6.45) is 0. The molecule has 1 rings (SSSR count). The van der Waals surface area contributed by atoms with Crippen molar-refractivity contribution < 1.29 is 9.53 Å². The summed E-state index contributed by atoms with van der Waals surface area (Å²) in [4.78, 5) is 13.9. The van der Waals surface area contributed by atoms with Gasteiger partial charge in [0, 0.05) is 12.2 Å². The number of hydrogen-bond acceptors (Lipinski definition) is 4. The molecule has 0 aromatic heterocycles. The number of carbonyl (C=O) groups is 1. The first kappa shape index (κ1) is 16.7. The lowest BCUT2D eigenvalue weighted by Crippen LogP contribution is -2.27. The number of hydrogen-bond donors (Lipinski definition) is 1. The lowest BCUT2D eigenvalue weighted by molar-refractivity contribution is 0.0466. The molecule has 102 valence electrons. The molecule has 0 aliphatic carbocycles. The van der Waals surface area contributed by atoms with E-state index in [2.05, 4.69) is 18.7 Å². The highest BCUT2D eigenvalue weighted by molar-refractivity contribution is 5.90. The third-order valence-electron chi connectivity index (χ3n) is 2.66. The van der Waals surface area contributed by atoms with Crippen molar-refractivity contribution in [3.8, 4) is 0 Å². The molecule has 0 saturated carbocycles. The van der Waals surface area contributed by atoms with Crippen LogP contribution in [0.1, 0.15) is 24.2 Å². The largest absolute Gasteiger partial charge is 0.461 e. The number of nitrogens with two attached hydrogens (primary N) is 1. The Morgan fingerprint density at radius 3 is 2.56 bits per heavy atom. The molecule has 0 fully saturated rings. The fourth-order valence-electron chi connectivity index (χ4n) is 1.56. The van der Waals surface area contributed by atoms with Gasteiger partial charge in [0.05, 0.1) is 5.56 Å². The first-order valence-electron chi connectivity index (χ1n) is 5.92. The van der Waals surface area contributed by atoms with E-state index in [0.29, 0.717) is 17.9 Å². The van der Waals surface area contributed by atoms with Crippen LogP contribution in [0.5, 0.6) is 0 Å². The minimum absolute atomic E-state index is 0. The minimum Gasteiger partial charge on any atom is -0.461 e. The van der Waals surface area contributed by atoms with Gasteiger partial charge < -0.3 is 15.4 Å². The van der Waals surface area contributed by atoms with Crippen LogP contribution >= 0.6 is 12.4 Å². The van der Waals surface area contributed by atoms with Crippen LogP contribution in [-0.4, -0.2) is 37.1 Å². The molecule has 0 amide bonds. The number of nitrogens with zero attached hydrogens (tertiary/aromatic N) is 1. The maximum Gasteiger partial charge on any atom is 0.338 e. The number of likely N-dealkylation sites (N-methyl/N-ethyl adjacent to an activating group) is 1. The molecule has 0 saturated heterocycles. The van der Waals surface area contributed by atoms with Gasteiger partial charge in [-0.1, -0.05) is 19.9 Å². The number of nitrogen functional groups attached to an aromatic ring is 1. The maximum atomic E-state index is 11.7. The molecule has 0 bridgehead atoms. The van der Waals surface area contributed by atoms with Crippen LogP contribution in [0.3, 0.4) is 0 Å². The summed E-state index contributed by atoms with van der Waals surface area (Å²) in [5.74, 6) is -0.315. The molecular weight excluding hydrogens is 252 g/mol. The Morgan fingerprint density at radius 1 is 1.33 bits per heavy atom. The van der Waals surface area contributed by atoms with Crippen LogP contribution in [0.2, 0.25) is 0 Å². The number of benzene rings is 1. The Morgan fingerprint density at radius 2 is 2.00 bits per heavy atom. The van der Waals surface area contributed by atoms with E-state index in [1.54, 1.807) is 24.3 Å². The highest BCUT2D eigenvalue weighted by atomic mass is 35.5. The van der Waals surface area contributed by atoms with Gasteiger partial charge in [-0.3, -0.25) is 0 Å². The van der Waals surface area contributed by atoms with E-state index < -0.39 is 0 Å². The Bertz CT molecular complexity index is 368. The average Bonchev–Trinajstić information content (AvgIpc) is 2.34. The molecule has 4 nitrogen and oxygen atoms in total. The predicted molar refractivity (Wildman–Crippen MR) is 76.2 cm³/mol. The van der Waals surface area contributed by atoms with Crippen LogP contribution in [0.25, 0.3) is 0 Å². The van der Waals surface area contributed by atoms with Crippen LogP contribution in [0.15, 0.2) is 24.3 Å². The van der Waals surface area contributed by atoms with Crippen molar-refractivity contribution in [3.05, 3.63) is 29.8 Å². The zero-order valence-corrected chi connectivity index (χ0v) is 11.7. The highest BCUT2D eigenvalue weighted by Gasteiger charge is 2.07. The molecule has 5 heteroatoms. The monoisotopic (exact) mass is 272 g/mol.